The van der Waals surface area contributed by atoms with E-state index in [1.165, 1.54) is 29.9 Å². The van der Waals surface area contributed by atoms with E-state index in [9.17, 15) is 0 Å². The average molecular weight is 275 g/mol. The van der Waals surface area contributed by atoms with Gasteiger partial charge in [-0.15, -0.1) is 0 Å². The Morgan fingerprint density at radius 2 is 2.32 bits per heavy atom. The van der Waals surface area contributed by atoms with Gasteiger partial charge in [0.05, 0.1) is 16.3 Å². The summed E-state index contributed by atoms with van der Waals surface area (Å²) in [5, 5.41) is 0.566. The second-order valence-corrected chi connectivity index (χ2v) is 6.77. The average Bonchev–Trinajstić information content (AvgIpc) is 3.04. The Labute approximate surface area is 118 Å². The Bertz CT molecular complexity index is 582. The molecule has 1 aromatic heterocycles. The molecule has 4 heteroatoms. The topological polar surface area (TPSA) is 43.8 Å². The van der Waals surface area contributed by atoms with E-state index >= 15 is 0 Å². The number of thioether (sulfide) groups is 1. The summed E-state index contributed by atoms with van der Waals surface area (Å²) in [6, 6.07) is 6.88. The molecule has 3 nitrogen and oxygen atoms in total. The molecule has 1 fully saturated rings. The fourth-order valence-corrected chi connectivity index (χ4v) is 4.11. The maximum Gasteiger partial charge on any atom is 0.123 e. The maximum atomic E-state index is 5.73. The lowest BCUT2D eigenvalue weighted by atomic mass is 10.2. The summed E-state index contributed by atoms with van der Waals surface area (Å²) in [6.45, 7) is 5.06. The number of hydrogen-bond acceptors (Lipinski definition) is 3. The first-order valence-electron chi connectivity index (χ1n) is 7.03. The van der Waals surface area contributed by atoms with Crippen molar-refractivity contribution < 1.29 is 0 Å². The summed E-state index contributed by atoms with van der Waals surface area (Å²) in [5.74, 6) is 2.52. The van der Waals surface area contributed by atoms with Crippen molar-refractivity contribution in [2.75, 3.05) is 5.75 Å². The summed E-state index contributed by atoms with van der Waals surface area (Å²) in [7, 11) is 0. The highest BCUT2D eigenvalue weighted by molar-refractivity contribution is 7.99. The first-order chi connectivity index (χ1) is 9.20. The minimum Gasteiger partial charge on any atom is -0.326 e. The van der Waals surface area contributed by atoms with Gasteiger partial charge in [-0.3, -0.25) is 0 Å². The van der Waals surface area contributed by atoms with Crippen molar-refractivity contribution >= 4 is 22.8 Å². The zero-order chi connectivity index (χ0) is 13.4. The normalized spacial score (nSPS) is 19.7. The molecule has 1 atom stereocenters. The lowest BCUT2D eigenvalue weighted by molar-refractivity contribution is 0.575. The van der Waals surface area contributed by atoms with Crippen molar-refractivity contribution in [3.05, 3.63) is 29.6 Å². The van der Waals surface area contributed by atoms with Crippen LogP contribution in [0.5, 0.6) is 0 Å². The summed E-state index contributed by atoms with van der Waals surface area (Å²) in [4.78, 5) is 4.91. The number of aromatic nitrogens is 2. The number of imidazole rings is 1. The lowest BCUT2D eigenvalue weighted by Crippen LogP contribution is -2.08. The number of nitrogens with zero attached hydrogens (tertiary/aromatic N) is 2. The van der Waals surface area contributed by atoms with Crippen molar-refractivity contribution in [2.45, 2.75) is 44.5 Å². The molecule has 0 bridgehead atoms. The van der Waals surface area contributed by atoms with Crippen molar-refractivity contribution in [1.82, 2.24) is 9.55 Å². The van der Waals surface area contributed by atoms with E-state index in [0.29, 0.717) is 17.8 Å². The van der Waals surface area contributed by atoms with Crippen LogP contribution in [0, 0.1) is 0 Å². The van der Waals surface area contributed by atoms with E-state index in [-0.39, 0.29) is 0 Å². The molecule has 0 amide bonds. The van der Waals surface area contributed by atoms with Crippen LogP contribution in [-0.2, 0) is 6.54 Å². The summed E-state index contributed by atoms with van der Waals surface area (Å²) in [6.07, 6.45) is 2.56. The smallest absolute Gasteiger partial charge is 0.123 e. The molecule has 1 aliphatic heterocycles. The van der Waals surface area contributed by atoms with Crippen molar-refractivity contribution in [1.29, 1.82) is 0 Å². The van der Waals surface area contributed by atoms with Gasteiger partial charge in [0.1, 0.15) is 5.82 Å². The van der Waals surface area contributed by atoms with Gasteiger partial charge in [0.15, 0.2) is 0 Å². The molecule has 0 saturated carbocycles. The van der Waals surface area contributed by atoms with Gasteiger partial charge in [0.2, 0.25) is 0 Å². The van der Waals surface area contributed by atoms with Crippen LogP contribution < -0.4 is 5.73 Å². The van der Waals surface area contributed by atoms with Crippen LogP contribution in [0.25, 0.3) is 11.0 Å². The standard InChI is InChI=1S/C15H21N3S/c1-10(2)18-13-6-5-11(9-16)8-12(13)17-15(18)14-4-3-7-19-14/h5-6,8,10,14H,3-4,7,9,16H2,1-2H3. The minimum absolute atomic E-state index is 0.449. The number of nitrogens with two attached hydrogens (primary N) is 1. The van der Waals surface area contributed by atoms with Gasteiger partial charge in [-0.1, -0.05) is 6.07 Å². The molecular formula is C15H21N3S. The molecular weight excluding hydrogens is 254 g/mol. The van der Waals surface area contributed by atoms with E-state index in [4.69, 9.17) is 10.7 Å². The highest BCUT2D eigenvalue weighted by Gasteiger charge is 2.25. The number of rotatable bonds is 3. The third kappa shape index (κ3) is 2.28. The van der Waals surface area contributed by atoms with Crippen molar-refractivity contribution in [3.8, 4) is 0 Å². The van der Waals surface area contributed by atoms with Crippen LogP contribution in [0.1, 0.15) is 49.4 Å². The number of benzene rings is 1. The largest absolute Gasteiger partial charge is 0.326 e. The molecule has 0 radical (unpaired) electrons. The highest BCUT2D eigenvalue weighted by atomic mass is 32.2. The zero-order valence-electron chi connectivity index (χ0n) is 11.6. The van der Waals surface area contributed by atoms with Crippen LogP contribution in [-0.4, -0.2) is 15.3 Å². The molecule has 1 saturated heterocycles. The molecule has 0 spiro atoms. The molecule has 1 aliphatic rings. The predicted octanol–water partition coefficient (Wildman–Crippen LogP) is 3.64. The van der Waals surface area contributed by atoms with Gasteiger partial charge in [-0.25, -0.2) is 4.98 Å². The van der Waals surface area contributed by atoms with Gasteiger partial charge in [0.25, 0.3) is 0 Å². The van der Waals surface area contributed by atoms with Crippen molar-refractivity contribution in [2.24, 2.45) is 5.73 Å². The van der Waals surface area contributed by atoms with E-state index in [1.807, 2.05) is 11.8 Å². The summed E-state index contributed by atoms with van der Waals surface area (Å²) in [5.41, 5.74) is 9.23. The Morgan fingerprint density at radius 1 is 1.47 bits per heavy atom. The van der Waals surface area contributed by atoms with Gasteiger partial charge >= 0.3 is 0 Å². The Morgan fingerprint density at radius 3 is 2.95 bits per heavy atom. The summed E-state index contributed by atoms with van der Waals surface area (Å²) >= 11 is 2.04. The molecule has 0 aliphatic carbocycles. The second kappa shape index (κ2) is 5.17. The predicted molar refractivity (Wildman–Crippen MR) is 82.4 cm³/mol. The van der Waals surface area contributed by atoms with Gasteiger partial charge < -0.3 is 10.3 Å². The Kier molecular flexibility index (Phi) is 3.54. The Hall–Kier alpha value is -1.00. The van der Waals surface area contributed by atoms with Gasteiger partial charge in [-0.2, -0.15) is 11.8 Å². The van der Waals surface area contributed by atoms with E-state index < -0.39 is 0 Å². The fraction of sp³-hybridized carbons (Fsp3) is 0.533. The Balaban J connectivity index is 2.16. The van der Waals surface area contributed by atoms with Crippen molar-refractivity contribution in [3.63, 3.8) is 0 Å². The highest BCUT2D eigenvalue weighted by Crippen LogP contribution is 2.41. The van der Waals surface area contributed by atoms with Gasteiger partial charge in [0, 0.05) is 12.6 Å². The van der Waals surface area contributed by atoms with Crippen LogP contribution in [0.3, 0.4) is 0 Å². The third-order valence-electron chi connectivity index (χ3n) is 3.75. The lowest BCUT2D eigenvalue weighted by Gasteiger charge is -2.16. The molecule has 2 heterocycles. The minimum atomic E-state index is 0.449. The van der Waals surface area contributed by atoms with Crippen LogP contribution in [0.2, 0.25) is 0 Å². The number of fused-ring (bicyclic) bond motifs is 1. The molecule has 102 valence electrons. The van der Waals surface area contributed by atoms with Crippen LogP contribution in [0.4, 0.5) is 0 Å². The first-order valence-corrected chi connectivity index (χ1v) is 8.08. The van der Waals surface area contributed by atoms with E-state index in [1.54, 1.807) is 0 Å². The molecule has 2 N–H and O–H groups in total. The number of hydrogen-bond donors (Lipinski definition) is 1. The van der Waals surface area contributed by atoms with E-state index in [2.05, 4.69) is 36.6 Å². The van der Waals surface area contributed by atoms with Gasteiger partial charge in [-0.05, 0) is 50.1 Å². The molecule has 19 heavy (non-hydrogen) atoms. The second-order valence-electron chi connectivity index (χ2n) is 5.46. The molecule has 1 aromatic carbocycles. The third-order valence-corrected chi connectivity index (χ3v) is 5.12. The van der Waals surface area contributed by atoms with Crippen LogP contribution in [0.15, 0.2) is 18.2 Å². The molecule has 3 rings (SSSR count). The molecule has 1 unspecified atom stereocenters. The first kappa shape index (κ1) is 13.0. The van der Waals surface area contributed by atoms with E-state index in [0.717, 1.165) is 11.1 Å². The summed E-state index contributed by atoms with van der Waals surface area (Å²) < 4.78 is 2.40. The zero-order valence-corrected chi connectivity index (χ0v) is 12.4. The van der Waals surface area contributed by atoms with Crippen LogP contribution >= 0.6 is 11.8 Å². The molecule has 2 aromatic rings. The maximum absolute atomic E-state index is 5.73. The quantitative estimate of drug-likeness (QED) is 0.930. The SMILES string of the molecule is CC(C)n1c(C2CCCS2)nc2cc(CN)ccc21. The fourth-order valence-electron chi connectivity index (χ4n) is 2.84. The monoisotopic (exact) mass is 275 g/mol.